The molecule has 2 aromatic rings. The van der Waals surface area contributed by atoms with E-state index in [2.05, 4.69) is 0 Å². The molecule has 0 aromatic heterocycles. The lowest BCUT2D eigenvalue weighted by Crippen LogP contribution is -2.01. The molecule has 0 atom stereocenters. The minimum Gasteiger partial charge on any atom is -0.453 e. The van der Waals surface area contributed by atoms with E-state index in [0.29, 0.717) is 0 Å². The number of Topliss-reactive ketones (excluding diaryl/α,β-unsaturated/α-hetero) is 1. The van der Waals surface area contributed by atoms with Gasteiger partial charge in [0.2, 0.25) is 0 Å². The zero-order chi connectivity index (χ0) is 14.0. The topological polar surface area (TPSA) is 26.3 Å². The van der Waals surface area contributed by atoms with Crippen molar-refractivity contribution in [3.05, 3.63) is 58.6 Å². The molecule has 0 unspecified atom stereocenters. The van der Waals surface area contributed by atoms with Gasteiger partial charge in [-0.25, -0.2) is 8.78 Å². The van der Waals surface area contributed by atoms with Crippen LogP contribution in [0.1, 0.15) is 17.3 Å². The summed E-state index contributed by atoms with van der Waals surface area (Å²) in [6, 6.07) is 8.10. The van der Waals surface area contributed by atoms with Gasteiger partial charge >= 0.3 is 0 Å². The predicted molar refractivity (Wildman–Crippen MR) is 67.9 cm³/mol. The van der Waals surface area contributed by atoms with Crippen molar-refractivity contribution >= 4 is 17.4 Å². The van der Waals surface area contributed by atoms with E-state index in [9.17, 15) is 13.6 Å². The van der Waals surface area contributed by atoms with Crippen LogP contribution in [0.25, 0.3) is 0 Å². The largest absolute Gasteiger partial charge is 0.453 e. The summed E-state index contributed by atoms with van der Waals surface area (Å²) in [6.07, 6.45) is 0. The second-order valence-corrected chi connectivity index (χ2v) is 4.23. The molecule has 0 aliphatic carbocycles. The zero-order valence-electron chi connectivity index (χ0n) is 9.91. The van der Waals surface area contributed by atoms with Crippen LogP contribution < -0.4 is 4.74 Å². The number of hydrogen-bond acceptors (Lipinski definition) is 2. The fourth-order valence-electron chi connectivity index (χ4n) is 1.61. The molecule has 0 spiro atoms. The van der Waals surface area contributed by atoms with Crippen LogP contribution in [0.4, 0.5) is 8.78 Å². The molecule has 98 valence electrons. The number of rotatable bonds is 3. The lowest BCUT2D eigenvalue weighted by atomic mass is 10.1. The van der Waals surface area contributed by atoms with Crippen LogP contribution in [0.15, 0.2) is 36.4 Å². The molecule has 19 heavy (non-hydrogen) atoms. The molecule has 0 amide bonds. The van der Waals surface area contributed by atoms with Crippen molar-refractivity contribution in [3.8, 4) is 11.5 Å². The number of benzene rings is 2. The van der Waals surface area contributed by atoms with Crippen LogP contribution in [0.5, 0.6) is 11.5 Å². The third-order valence-electron chi connectivity index (χ3n) is 2.46. The molecule has 2 nitrogen and oxygen atoms in total. The summed E-state index contributed by atoms with van der Waals surface area (Å²) in [7, 11) is 0. The molecule has 2 rings (SSSR count). The molecule has 0 aliphatic heterocycles. The molecule has 0 radical (unpaired) electrons. The number of ether oxygens (including phenoxy) is 1. The third kappa shape index (κ3) is 2.74. The van der Waals surface area contributed by atoms with Gasteiger partial charge < -0.3 is 4.74 Å². The Bertz CT molecular complexity index is 641. The summed E-state index contributed by atoms with van der Waals surface area (Å²) in [5.74, 6) is -2.19. The lowest BCUT2D eigenvalue weighted by molar-refractivity contribution is 0.101. The van der Waals surface area contributed by atoms with E-state index < -0.39 is 17.4 Å². The lowest BCUT2D eigenvalue weighted by Gasteiger charge is -2.11. The molecule has 0 saturated heterocycles. The molecule has 0 saturated carbocycles. The van der Waals surface area contributed by atoms with Crippen LogP contribution in [0.3, 0.4) is 0 Å². The fourth-order valence-corrected chi connectivity index (χ4v) is 1.78. The summed E-state index contributed by atoms with van der Waals surface area (Å²) in [6.45, 7) is 1.21. The molecule has 0 heterocycles. The third-order valence-corrected chi connectivity index (χ3v) is 2.76. The Hall–Kier alpha value is -1.94. The maximum Gasteiger partial charge on any atom is 0.184 e. The Morgan fingerprint density at radius 3 is 2.42 bits per heavy atom. The summed E-state index contributed by atoms with van der Waals surface area (Å²) in [5.41, 5.74) is -0.220. The van der Waals surface area contributed by atoms with Crippen molar-refractivity contribution in [2.75, 3.05) is 0 Å². The van der Waals surface area contributed by atoms with Crippen molar-refractivity contribution in [2.45, 2.75) is 6.92 Å². The van der Waals surface area contributed by atoms with Gasteiger partial charge in [-0.3, -0.25) is 4.79 Å². The van der Waals surface area contributed by atoms with Gasteiger partial charge in [0.05, 0.1) is 10.6 Å². The monoisotopic (exact) mass is 282 g/mol. The summed E-state index contributed by atoms with van der Waals surface area (Å²) in [5, 5.41) is -0.113. The molecule has 5 heteroatoms. The van der Waals surface area contributed by atoms with Gasteiger partial charge in [-0.1, -0.05) is 23.7 Å². The first-order valence-corrected chi connectivity index (χ1v) is 5.80. The Kier molecular flexibility index (Phi) is 3.81. The van der Waals surface area contributed by atoms with Crippen LogP contribution in [0, 0.1) is 11.6 Å². The van der Waals surface area contributed by atoms with E-state index in [1.807, 2.05) is 0 Å². The first-order valence-electron chi connectivity index (χ1n) is 5.42. The van der Waals surface area contributed by atoms with Gasteiger partial charge in [0.15, 0.2) is 17.3 Å². The van der Waals surface area contributed by atoms with Crippen molar-refractivity contribution in [3.63, 3.8) is 0 Å². The van der Waals surface area contributed by atoms with Crippen molar-refractivity contribution in [2.24, 2.45) is 0 Å². The first-order chi connectivity index (χ1) is 9.00. The SMILES string of the molecule is CC(=O)c1c(F)cccc1Oc1cccc(Cl)c1F. The van der Waals surface area contributed by atoms with E-state index >= 15 is 0 Å². The average Bonchev–Trinajstić information content (AvgIpc) is 2.34. The molecule has 2 aromatic carbocycles. The van der Waals surface area contributed by atoms with E-state index in [1.165, 1.54) is 37.3 Å². The highest BCUT2D eigenvalue weighted by molar-refractivity contribution is 6.30. The molecular weight excluding hydrogens is 274 g/mol. The quantitative estimate of drug-likeness (QED) is 0.768. The van der Waals surface area contributed by atoms with Gasteiger partial charge in [0, 0.05) is 0 Å². The number of hydrogen-bond donors (Lipinski definition) is 0. The predicted octanol–water partition coefficient (Wildman–Crippen LogP) is 4.61. The van der Waals surface area contributed by atoms with Crippen LogP contribution >= 0.6 is 11.6 Å². The Labute approximate surface area is 113 Å². The number of carbonyl (C=O) groups is 1. The van der Waals surface area contributed by atoms with Crippen LogP contribution in [0.2, 0.25) is 5.02 Å². The summed E-state index contributed by atoms with van der Waals surface area (Å²) in [4.78, 5) is 11.4. The van der Waals surface area contributed by atoms with Crippen molar-refractivity contribution in [1.82, 2.24) is 0 Å². The molecule has 0 N–H and O–H groups in total. The second-order valence-electron chi connectivity index (χ2n) is 3.82. The van der Waals surface area contributed by atoms with E-state index in [-0.39, 0.29) is 22.1 Å². The van der Waals surface area contributed by atoms with Gasteiger partial charge in [0.25, 0.3) is 0 Å². The maximum absolute atomic E-state index is 13.7. The van der Waals surface area contributed by atoms with Crippen molar-refractivity contribution in [1.29, 1.82) is 0 Å². The minimum absolute atomic E-state index is 0.0475. The fraction of sp³-hybridized carbons (Fsp3) is 0.0714. The normalized spacial score (nSPS) is 10.3. The number of ketones is 1. The molecule has 0 aliphatic rings. The van der Waals surface area contributed by atoms with Gasteiger partial charge in [-0.05, 0) is 31.2 Å². The maximum atomic E-state index is 13.7. The summed E-state index contributed by atoms with van der Waals surface area (Å²) >= 11 is 5.62. The van der Waals surface area contributed by atoms with Gasteiger partial charge in [-0.2, -0.15) is 0 Å². The highest BCUT2D eigenvalue weighted by Gasteiger charge is 2.16. The highest BCUT2D eigenvalue weighted by atomic mass is 35.5. The molecule has 0 bridgehead atoms. The zero-order valence-corrected chi connectivity index (χ0v) is 10.7. The molecule has 0 fully saturated rings. The molecular formula is C14H9ClF2O2. The number of halogens is 3. The Morgan fingerprint density at radius 1 is 1.11 bits per heavy atom. The minimum atomic E-state index is -0.761. The average molecular weight is 283 g/mol. The van der Waals surface area contributed by atoms with E-state index in [1.54, 1.807) is 0 Å². The van der Waals surface area contributed by atoms with Gasteiger partial charge in [0.1, 0.15) is 11.6 Å². The van der Waals surface area contributed by atoms with Crippen molar-refractivity contribution < 1.29 is 18.3 Å². The first kappa shape index (κ1) is 13.5. The van der Waals surface area contributed by atoms with Crippen LogP contribution in [-0.2, 0) is 0 Å². The Balaban J connectivity index is 2.47. The van der Waals surface area contributed by atoms with Crippen LogP contribution in [-0.4, -0.2) is 5.78 Å². The number of carbonyl (C=O) groups excluding carboxylic acids is 1. The Morgan fingerprint density at radius 2 is 1.74 bits per heavy atom. The summed E-state index contributed by atoms with van der Waals surface area (Å²) < 4.78 is 32.5. The standard InChI is InChI=1S/C14H9ClF2O2/c1-8(18)13-10(16)5-3-6-11(13)19-12-7-2-4-9(15)14(12)17/h2-7H,1H3. The smallest absolute Gasteiger partial charge is 0.184 e. The van der Waals surface area contributed by atoms with Gasteiger partial charge in [-0.15, -0.1) is 0 Å². The second kappa shape index (κ2) is 5.36. The highest BCUT2D eigenvalue weighted by Crippen LogP contribution is 2.31. The van der Waals surface area contributed by atoms with E-state index in [0.717, 1.165) is 6.07 Å². The van der Waals surface area contributed by atoms with E-state index in [4.69, 9.17) is 16.3 Å².